The van der Waals surface area contributed by atoms with Crippen molar-refractivity contribution in [2.24, 2.45) is 0 Å². The molecule has 5 aromatic rings. The zero-order valence-corrected chi connectivity index (χ0v) is 28.3. The van der Waals surface area contributed by atoms with E-state index in [-0.39, 0.29) is 24.4 Å². The van der Waals surface area contributed by atoms with Gasteiger partial charge in [0.05, 0.1) is 11.8 Å². The van der Waals surface area contributed by atoms with Crippen LogP contribution in [0.5, 0.6) is 11.5 Å². The molecule has 0 spiro atoms. The summed E-state index contributed by atoms with van der Waals surface area (Å²) in [5, 5.41) is 9.93. The number of para-hydroxylation sites is 3. The summed E-state index contributed by atoms with van der Waals surface area (Å²) in [7, 11) is 0. The number of carbonyl (C=O) groups is 2. The maximum Gasteiger partial charge on any atom is 0.303 e. The Bertz CT molecular complexity index is 1840. The molecule has 0 aliphatic carbocycles. The zero-order valence-electron chi connectivity index (χ0n) is 28.3. The molecule has 1 aliphatic rings. The van der Waals surface area contributed by atoms with E-state index in [1.54, 1.807) is 0 Å². The van der Waals surface area contributed by atoms with E-state index in [2.05, 4.69) is 54.0 Å². The number of ketones is 1. The first-order valence-corrected chi connectivity index (χ1v) is 17.2. The summed E-state index contributed by atoms with van der Waals surface area (Å²) < 4.78 is 14.7. The predicted molar refractivity (Wildman–Crippen MR) is 194 cm³/mol. The zero-order chi connectivity index (χ0) is 34.2. The maximum absolute atomic E-state index is 13.7. The molecule has 1 aliphatic heterocycles. The van der Waals surface area contributed by atoms with Crippen molar-refractivity contribution in [1.29, 1.82) is 0 Å². The number of aromatic nitrogens is 1. The molecule has 2 heterocycles. The minimum atomic E-state index is -0.822. The number of carboxylic acid groups (broad SMARTS) is 1. The van der Waals surface area contributed by atoms with E-state index >= 15 is 0 Å². The Kier molecular flexibility index (Phi) is 11.0. The molecule has 0 saturated carbocycles. The number of aryl methyl sites for hydroxylation is 1. The van der Waals surface area contributed by atoms with Crippen LogP contribution in [0.4, 0.5) is 5.69 Å². The lowest BCUT2D eigenvalue weighted by Gasteiger charge is -2.37. The molecule has 1 aromatic heterocycles. The van der Waals surface area contributed by atoms with Crippen LogP contribution in [0.25, 0.3) is 10.9 Å². The first-order valence-electron chi connectivity index (χ1n) is 17.2. The lowest BCUT2D eigenvalue weighted by Crippen LogP contribution is -2.47. The van der Waals surface area contributed by atoms with E-state index in [9.17, 15) is 9.59 Å². The summed E-state index contributed by atoms with van der Waals surface area (Å²) >= 11 is 0. The van der Waals surface area contributed by atoms with Gasteiger partial charge in [0.1, 0.15) is 17.6 Å². The monoisotopic (exact) mass is 659 g/mol. The van der Waals surface area contributed by atoms with E-state index < -0.39 is 5.97 Å². The van der Waals surface area contributed by atoms with Crippen molar-refractivity contribution in [2.45, 2.75) is 51.9 Å². The first-order chi connectivity index (χ1) is 23.9. The Labute approximate surface area is 288 Å². The number of ether oxygens (including phenoxy) is 2. The minimum Gasteiger partial charge on any atom is -0.489 e. The summed E-state index contributed by atoms with van der Waals surface area (Å²) in [6.45, 7) is 9.36. The average Bonchev–Trinajstić information content (AvgIpc) is 3.49. The molecule has 1 N–H and O–H groups in total. The fraction of sp³-hybridized carbons (Fsp3) is 0.317. The molecule has 0 bridgehead atoms. The standard InChI is InChI=1S/C41H45N3O5/c1-30(2)48-39-16-9-8-15-37(39)43-27-25-42(26-28-43)24-22-38(31-11-4-3-5-12-31)49-33-20-18-32(19-21-33)41(47)35-29-44(23-10-17-40(45)46)36-14-7-6-13-34(35)36/h3-9,11-16,18-21,29-30,38H,10,17,22-28H2,1-2H3,(H,45,46). The van der Waals surface area contributed by atoms with Crippen LogP contribution in [0.15, 0.2) is 109 Å². The minimum absolute atomic E-state index is 0.0723. The Morgan fingerprint density at radius 1 is 0.776 bits per heavy atom. The number of hydrogen-bond donors (Lipinski definition) is 1. The van der Waals surface area contributed by atoms with Gasteiger partial charge in [-0.25, -0.2) is 0 Å². The van der Waals surface area contributed by atoms with Crippen molar-refractivity contribution < 1.29 is 24.2 Å². The number of benzene rings is 4. The largest absolute Gasteiger partial charge is 0.489 e. The summed E-state index contributed by atoms with van der Waals surface area (Å²) in [4.78, 5) is 29.7. The van der Waals surface area contributed by atoms with E-state index in [1.807, 2.05) is 83.6 Å². The quantitative estimate of drug-likeness (QED) is 0.115. The van der Waals surface area contributed by atoms with Crippen LogP contribution in [0, 0.1) is 0 Å². The van der Waals surface area contributed by atoms with Gasteiger partial charge in [-0.1, -0.05) is 60.7 Å². The lowest BCUT2D eigenvalue weighted by atomic mass is 10.0. The average molecular weight is 660 g/mol. The molecule has 1 fully saturated rings. The number of hydrogen-bond acceptors (Lipinski definition) is 6. The van der Waals surface area contributed by atoms with Gasteiger partial charge in [0, 0.05) is 80.3 Å². The van der Waals surface area contributed by atoms with E-state index in [0.717, 1.165) is 67.0 Å². The Morgan fingerprint density at radius 3 is 2.20 bits per heavy atom. The molecule has 0 radical (unpaired) electrons. The van der Waals surface area contributed by atoms with Gasteiger partial charge in [-0.15, -0.1) is 0 Å². The van der Waals surface area contributed by atoms with Crippen LogP contribution in [-0.2, 0) is 11.3 Å². The van der Waals surface area contributed by atoms with Crippen LogP contribution in [0.2, 0.25) is 0 Å². The Hall–Kier alpha value is -5.08. The third kappa shape index (κ3) is 8.51. The summed E-state index contributed by atoms with van der Waals surface area (Å²) in [5.41, 5.74) is 4.39. The van der Waals surface area contributed by atoms with Gasteiger partial charge >= 0.3 is 5.97 Å². The number of nitrogens with zero attached hydrogens (tertiary/aromatic N) is 3. The summed E-state index contributed by atoms with van der Waals surface area (Å²) in [6, 6.07) is 33.8. The van der Waals surface area contributed by atoms with Crippen LogP contribution >= 0.6 is 0 Å². The highest BCUT2D eigenvalue weighted by atomic mass is 16.5. The molecule has 8 nitrogen and oxygen atoms in total. The predicted octanol–water partition coefficient (Wildman–Crippen LogP) is 7.86. The van der Waals surface area contributed by atoms with E-state index in [4.69, 9.17) is 14.6 Å². The Morgan fingerprint density at radius 2 is 1.47 bits per heavy atom. The molecule has 1 saturated heterocycles. The second-order valence-corrected chi connectivity index (χ2v) is 12.9. The molecule has 1 unspecified atom stereocenters. The SMILES string of the molecule is CC(C)Oc1ccccc1N1CCN(CCC(Oc2ccc(C(=O)c3cn(CCCC(=O)O)c4ccccc34)cc2)c2ccccc2)CC1. The highest BCUT2D eigenvalue weighted by Gasteiger charge is 2.23. The highest BCUT2D eigenvalue weighted by Crippen LogP contribution is 2.31. The normalized spacial score (nSPS) is 14.2. The van der Waals surface area contributed by atoms with Crippen LogP contribution in [0.1, 0.15) is 60.7 Å². The molecule has 6 rings (SSSR count). The van der Waals surface area contributed by atoms with E-state index in [0.29, 0.717) is 29.8 Å². The Balaban J connectivity index is 1.10. The van der Waals surface area contributed by atoms with Crippen molar-refractivity contribution in [1.82, 2.24) is 9.47 Å². The van der Waals surface area contributed by atoms with Gasteiger partial charge in [0.15, 0.2) is 5.78 Å². The number of carboxylic acids is 1. The number of fused-ring (bicyclic) bond motifs is 1. The number of carbonyl (C=O) groups excluding carboxylic acids is 1. The van der Waals surface area contributed by atoms with Gasteiger partial charge in [-0.2, -0.15) is 0 Å². The molecular formula is C41H45N3O5. The molecule has 254 valence electrons. The van der Waals surface area contributed by atoms with Crippen LogP contribution in [0.3, 0.4) is 0 Å². The third-order valence-electron chi connectivity index (χ3n) is 9.04. The molecule has 49 heavy (non-hydrogen) atoms. The molecule has 0 amide bonds. The van der Waals surface area contributed by atoms with Gasteiger partial charge in [0.25, 0.3) is 0 Å². The number of rotatable bonds is 15. The number of anilines is 1. The topological polar surface area (TPSA) is 84.2 Å². The third-order valence-corrected chi connectivity index (χ3v) is 9.04. The molecular weight excluding hydrogens is 614 g/mol. The second-order valence-electron chi connectivity index (χ2n) is 12.9. The number of aliphatic carboxylic acids is 1. The van der Waals surface area contributed by atoms with Crippen molar-refractivity contribution in [3.63, 3.8) is 0 Å². The smallest absolute Gasteiger partial charge is 0.303 e. The van der Waals surface area contributed by atoms with Gasteiger partial charge in [0.2, 0.25) is 0 Å². The van der Waals surface area contributed by atoms with Crippen LogP contribution < -0.4 is 14.4 Å². The van der Waals surface area contributed by atoms with E-state index in [1.165, 1.54) is 0 Å². The lowest BCUT2D eigenvalue weighted by molar-refractivity contribution is -0.137. The van der Waals surface area contributed by atoms with Gasteiger partial charge in [-0.05, 0) is 68.3 Å². The summed E-state index contributed by atoms with van der Waals surface area (Å²) in [5.74, 6) is 0.763. The van der Waals surface area contributed by atoms with Crippen LogP contribution in [-0.4, -0.2) is 65.2 Å². The summed E-state index contributed by atoms with van der Waals surface area (Å²) in [6.07, 6.45) is 3.26. The van der Waals surface area contributed by atoms with Crippen molar-refractivity contribution in [3.05, 3.63) is 126 Å². The van der Waals surface area contributed by atoms with Crippen molar-refractivity contribution >= 4 is 28.3 Å². The second kappa shape index (κ2) is 15.9. The fourth-order valence-electron chi connectivity index (χ4n) is 6.56. The highest BCUT2D eigenvalue weighted by molar-refractivity contribution is 6.16. The molecule has 1 atom stereocenters. The van der Waals surface area contributed by atoms with Gasteiger partial charge < -0.3 is 24.0 Å². The number of piperazine rings is 1. The molecule has 4 aromatic carbocycles. The maximum atomic E-state index is 13.7. The first kappa shape index (κ1) is 33.8. The molecule has 8 heteroatoms. The van der Waals surface area contributed by atoms with Gasteiger partial charge in [-0.3, -0.25) is 14.5 Å². The fourth-order valence-corrected chi connectivity index (χ4v) is 6.56. The van der Waals surface area contributed by atoms with Crippen molar-refractivity contribution in [3.8, 4) is 11.5 Å². The van der Waals surface area contributed by atoms with Crippen molar-refractivity contribution in [2.75, 3.05) is 37.6 Å².